The zero-order chi connectivity index (χ0) is 17.5. The Kier molecular flexibility index (Phi) is 3.13. The molecule has 5 rings (SSSR count). The Morgan fingerprint density at radius 1 is 0.923 bits per heavy atom. The third-order valence-corrected chi connectivity index (χ3v) is 4.55. The summed E-state index contributed by atoms with van der Waals surface area (Å²) in [5, 5.41) is 16.5. The van der Waals surface area contributed by atoms with E-state index in [0.29, 0.717) is 11.1 Å². The summed E-state index contributed by atoms with van der Waals surface area (Å²) in [6.07, 6.45) is 1.65. The van der Waals surface area contributed by atoms with Crippen LogP contribution in [0.2, 0.25) is 0 Å². The number of para-hydroxylation sites is 1. The van der Waals surface area contributed by atoms with Crippen LogP contribution in [0.25, 0.3) is 38.8 Å². The Morgan fingerprint density at radius 2 is 1.65 bits per heavy atom. The molecule has 3 aromatic carbocycles. The molecule has 0 amide bonds. The molecule has 2 heterocycles. The van der Waals surface area contributed by atoms with Crippen molar-refractivity contribution in [1.29, 1.82) is 5.26 Å². The number of nitriles is 1. The lowest BCUT2D eigenvalue weighted by atomic mass is 10.0. The fourth-order valence-electron chi connectivity index (χ4n) is 3.40. The predicted octanol–water partition coefficient (Wildman–Crippen LogP) is 5.31. The SMILES string of the molecule is N#Cc1cc2occc2c2c(-c3ccccc3)nn(-c3ccccc3)c12. The Labute approximate surface area is 149 Å². The average Bonchev–Trinajstić information content (AvgIpc) is 3.33. The van der Waals surface area contributed by atoms with Crippen LogP contribution in [0.15, 0.2) is 83.5 Å². The standard InChI is InChI=1S/C22H13N3O/c23-14-16-13-19-18(11-12-26-19)20-21(15-7-3-1-4-8-15)24-25(22(16)20)17-9-5-2-6-10-17/h1-13H. The van der Waals surface area contributed by atoms with E-state index >= 15 is 0 Å². The molecule has 0 saturated heterocycles. The zero-order valence-electron chi connectivity index (χ0n) is 13.8. The van der Waals surface area contributed by atoms with E-state index in [1.54, 1.807) is 12.3 Å². The van der Waals surface area contributed by atoms with Crippen molar-refractivity contribution in [3.05, 3.63) is 84.6 Å². The smallest absolute Gasteiger partial charge is 0.136 e. The van der Waals surface area contributed by atoms with Crippen LogP contribution in [0.4, 0.5) is 0 Å². The van der Waals surface area contributed by atoms with E-state index < -0.39 is 0 Å². The van der Waals surface area contributed by atoms with E-state index in [9.17, 15) is 5.26 Å². The Bertz CT molecular complexity index is 1280. The number of aromatic nitrogens is 2. The number of fused-ring (bicyclic) bond motifs is 3. The van der Waals surface area contributed by atoms with Gasteiger partial charge in [0.15, 0.2) is 0 Å². The predicted molar refractivity (Wildman–Crippen MR) is 101 cm³/mol. The molecule has 0 unspecified atom stereocenters. The van der Waals surface area contributed by atoms with Gasteiger partial charge in [-0.15, -0.1) is 0 Å². The molecule has 0 atom stereocenters. The van der Waals surface area contributed by atoms with Gasteiger partial charge >= 0.3 is 0 Å². The minimum Gasteiger partial charge on any atom is -0.464 e. The Balaban J connectivity index is 2.00. The van der Waals surface area contributed by atoms with E-state index in [2.05, 4.69) is 6.07 Å². The van der Waals surface area contributed by atoms with Gasteiger partial charge in [-0.1, -0.05) is 48.5 Å². The third kappa shape index (κ3) is 2.04. The highest BCUT2D eigenvalue weighted by Gasteiger charge is 2.20. The molecule has 0 aliphatic heterocycles. The molecule has 2 aromatic heterocycles. The lowest BCUT2D eigenvalue weighted by molar-refractivity contribution is 0.616. The number of hydrogen-bond acceptors (Lipinski definition) is 3. The van der Waals surface area contributed by atoms with Crippen molar-refractivity contribution >= 4 is 21.9 Å². The molecule has 5 aromatic rings. The van der Waals surface area contributed by atoms with E-state index in [1.165, 1.54) is 0 Å². The monoisotopic (exact) mass is 335 g/mol. The maximum Gasteiger partial charge on any atom is 0.136 e. The van der Waals surface area contributed by atoms with Crippen molar-refractivity contribution < 1.29 is 4.42 Å². The highest BCUT2D eigenvalue weighted by molar-refractivity contribution is 6.13. The van der Waals surface area contributed by atoms with Crippen LogP contribution < -0.4 is 0 Å². The first-order valence-corrected chi connectivity index (χ1v) is 8.30. The van der Waals surface area contributed by atoms with Gasteiger partial charge in [0.2, 0.25) is 0 Å². The summed E-state index contributed by atoms with van der Waals surface area (Å²) >= 11 is 0. The maximum absolute atomic E-state index is 9.75. The van der Waals surface area contributed by atoms with Crippen molar-refractivity contribution in [2.45, 2.75) is 0 Å². The number of rotatable bonds is 2. The summed E-state index contributed by atoms with van der Waals surface area (Å²) in [5.41, 5.74) is 4.79. The van der Waals surface area contributed by atoms with E-state index in [-0.39, 0.29) is 0 Å². The molecule has 122 valence electrons. The molecule has 4 heteroatoms. The largest absolute Gasteiger partial charge is 0.464 e. The van der Waals surface area contributed by atoms with Gasteiger partial charge in [0.05, 0.1) is 23.0 Å². The molecule has 0 radical (unpaired) electrons. The quantitative estimate of drug-likeness (QED) is 0.439. The van der Waals surface area contributed by atoms with Gasteiger partial charge in [0, 0.05) is 22.4 Å². The molecule has 0 aliphatic rings. The molecule has 0 bridgehead atoms. The highest BCUT2D eigenvalue weighted by Crippen LogP contribution is 2.37. The Morgan fingerprint density at radius 3 is 2.38 bits per heavy atom. The van der Waals surface area contributed by atoms with Crippen molar-refractivity contribution in [1.82, 2.24) is 9.78 Å². The summed E-state index contributed by atoms with van der Waals surface area (Å²) in [6, 6.07) is 25.9. The summed E-state index contributed by atoms with van der Waals surface area (Å²) in [4.78, 5) is 0. The average molecular weight is 335 g/mol. The first-order chi connectivity index (χ1) is 12.9. The first kappa shape index (κ1) is 14.5. The second-order valence-electron chi connectivity index (χ2n) is 6.05. The topological polar surface area (TPSA) is 54.8 Å². The molecule has 0 saturated carbocycles. The molecular weight excluding hydrogens is 322 g/mol. The van der Waals surface area contributed by atoms with Crippen molar-refractivity contribution in [2.75, 3.05) is 0 Å². The second-order valence-corrected chi connectivity index (χ2v) is 6.05. The van der Waals surface area contributed by atoms with Gasteiger partial charge < -0.3 is 4.42 Å². The summed E-state index contributed by atoms with van der Waals surface area (Å²) in [5.74, 6) is 0. The van der Waals surface area contributed by atoms with Gasteiger partial charge in [-0.25, -0.2) is 4.68 Å². The summed E-state index contributed by atoms with van der Waals surface area (Å²) in [7, 11) is 0. The molecule has 0 fully saturated rings. The zero-order valence-corrected chi connectivity index (χ0v) is 13.8. The van der Waals surface area contributed by atoms with Crippen LogP contribution in [-0.2, 0) is 0 Å². The number of benzene rings is 3. The second kappa shape index (κ2) is 5.61. The fourth-order valence-corrected chi connectivity index (χ4v) is 3.40. The van der Waals surface area contributed by atoms with Crippen LogP contribution in [0.3, 0.4) is 0 Å². The molecule has 26 heavy (non-hydrogen) atoms. The van der Waals surface area contributed by atoms with Crippen molar-refractivity contribution in [3.63, 3.8) is 0 Å². The van der Waals surface area contributed by atoms with Crippen LogP contribution >= 0.6 is 0 Å². The molecular formula is C22H13N3O. The van der Waals surface area contributed by atoms with Crippen LogP contribution in [-0.4, -0.2) is 9.78 Å². The van der Waals surface area contributed by atoms with Crippen molar-refractivity contribution in [3.8, 4) is 23.0 Å². The molecule has 0 aliphatic carbocycles. The van der Waals surface area contributed by atoms with Gasteiger partial charge in [-0.3, -0.25) is 0 Å². The lowest BCUT2D eigenvalue weighted by Crippen LogP contribution is -1.97. The molecule has 4 nitrogen and oxygen atoms in total. The maximum atomic E-state index is 9.75. The van der Waals surface area contributed by atoms with Gasteiger partial charge in [0.1, 0.15) is 17.3 Å². The first-order valence-electron chi connectivity index (χ1n) is 8.30. The number of nitrogens with zero attached hydrogens (tertiary/aromatic N) is 3. The minimum atomic E-state index is 0.543. The van der Waals surface area contributed by atoms with Crippen molar-refractivity contribution in [2.24, 2.45) is 0 Å². The normalized spacial score (nSPS) is 11.0. The Hall–Kier alpha value is -3.84. The minimum absolute atomic E-state index is 0.543. The van der Waals surface area contributed by atoms with Crippen LogP contribution in [0, 0.1) is 11.3 Å². The van der Waals surface area contributed by atoms with Gasteiger partial charge in [0.25, 0.3) is 0 Å². The number of hydrogen-bond donors (Lipinski definition) is 0. The van der Waals surface area contributed by atoms with Crippen LogP contribution in [0.5, 0.6) is 0 Å². The lowest BCUT2D eigenvalue weighted by Gasteiger charge is -2.04. The molecule has 0 N–H and O–H groups in total. The van der Waals surface area contributed by atoms with E-state index in [4.69, 9.17) is 9.52 Å². The highest BCUT2D eigenvalue weighted by atomic mass is 16.3. The molecule has 0 spiro atoms. The summed E-state index contributed by atoms with van der Waals surface area (Å²) < 4.78 is 7.44. The number of furan rings is 1. The van der Waals surface area contributed by atoms with Crippen LogP contribution in [0.1, 0.15) is 5.56 Å². The van der Waals surface area contributed by atoms with E-state index in [0.717, 1.165) is 33.2 Å². The van der Waals surface area contributed by atoms with Gasteiger partial charge in [-0.05, 0) is 18.2 Å². The van der Waals surface area contributed by atoms with Gasteiger partial charge in [-0.2, -0.15) is 10.4 Å². The summed E-state index contributed by atoms with van der Waals surface area (Å²) in [6.45, 7) is 0. The van der Waals surface area contributed by atoms with E-state index in [1.807, 2.05) is 71.4 Å². The third-order valence-electron chi connectivity index (χ3n) is 4.55. The fraction of sp³-hybridized carbons (Fsp3) is 0.